The summed E-state index contributed by atoms with van der Waals surface area (Å²) in [5.41, 5.74) is 3.15. The van der Waals surface area contributed by atoms with E-state index in [1.807, 2.05) is 23.1 Å². The van der Waals surface area contributed by atoms with Crippen LogP contribution in [0.1, 0.15) is 10.4 Å². The van der Waals surface area contributed by atoms with Crippen molar-refractivity contribution in [2.45, 2.75) is 0 Å². The van der Waals surface area contributed by atoms with Crippen molar-refractivity contribution >= 4 is 17.5 Å². The third-order valence-electron chi connectivity index (χ3n) is 4.37. The predicted octanol–water partition coefficient (Wildman–Crippen LogP) is 0.283. The number of piperazine rings is 1. The number of benzene rings is 2. The van der Waals surface area contributed by atoms with E-state index in [1.54, 1.807) is 0 Å². The number of carbonyl (C=O) groups is 1. The molecule has 0 atom stereocenters. The molecule has 0 spiro atoms. The van der Waals surface area contributed by atoms with Crippen LogP contribution in [0.4, 0.5) is 0 Å². The molecule has 0 unspecified atom stereocenters. The molecule has 0 N–H and O–H groups in total. The Morgan fingerprint density at radius 2 is 1.71 bits per heavy atom. The molecule has 0 aliphatic carbocycles. The summed E-state index contributed by atoms with van der Waals surface area (Å²) in [6, 6.07) is 14.1. The van der Waals surface area contributed by atoms with Crippen LogP contribution in [0.15, 0.2) is 42.5 Å². The molecule has 128 valence electrons. The second-order valence-electron chi connectivity index (χ2n) is 5.99. The van der Waals surface area contributed by atoms with Gasteiger partial charge in [0.1, 0.15) is 0 Å². The van der Waals surface area contributed by atoms with Gasteiger partial charge in [0.2, 0.25) is 0 Å². The maximum absolute atomic E-state index is 12.6. The fraction of sp³-hybridized carbons (Fsp3) is 0.316. The van der Waals surface area contributed by atoms with E-state index in [4.69, 9.17) is 11.6 Å². The van der Waals surface area contributed by atoms with E-state index in [-0.39, 0.29) is 27.1 Å². The first-order valence-electron chi connectivity index (χ1n) is 7.96. The summed E-state index contributed by atoms with van der Waals surface area (Å²) >= 11 is 6.05. The van der Waals surface area contributed by atoms with Crippen LogP contribution in [0.25, 0.3) is 11.1 Å². The number of nitrogens with zero attached hydrogens (tertiary/aromatic N) is 2. The number of amides is 1. The summed E-state index contributed by atoms with van der Waals surface area (Å²) in [4.78, 5) is 19.1. The summed E-state index contributed by atoms with van der Waals surface area (Å²) in [7, 11) is 2.09. The molecule has 3 nitrogen and oxygen atoms in total. The Hall–Kier alpha value is -1.11. The van der Waals surface area contributed by atoms with Crippen molar-refractivity contribution in [2.75, 3.05) is 38.2 Å². The number of likely N-dealkylation sites (N-methyl/N-ethyl adjacent to an activating group) is 1. The van der Waals surface area contributed by atoms with E-state index in [2.05, 4.69) is 41.1 Å². The number of rotatable bonds is 3. The maximum atomic E-state index is 12.6. The van der Waals surface area contributed by atoms with Crippen molar-refractivity contribution in [3.63, 3.8) is 0 Å². The molecule has 1 heterocycles. The third kappa shape index (κ3) is 3.92. The molecule has 0 bridgehead atoms. The van der Waals surface area contributed by atoms with Crippen molar-refractivity contribution in [3.05, 3.63) is 56.6 Å². The van der Waals surface area contributed by atoms with Gasteiger partial charge in [-0.3, -0.25) is 0 Å². The third-order valence-corrected chi connectivity index (χ3v) is 6.66. The average molecular weight is 456 g/mol. The fourth-order valence-corrected chi connectivity index (χ4v) is 4.94. The molecule has 1 amide bonds. The first-order chi connectivity index (χ1) is 11.6. The van der Waals surface area contributed by atoms with Crippen LogP contribution in [0, 0.1) is 3.57 Å². The van der Waals surface area contributed by atoms with Gasteiger partial charge in [0.15, 0.2) is 0 Å². The van der Waals surface area contributed by atoms with Gasteiger partial charge in [-0.05, 0) is 0 Å². The molecule has 0 radical (unpaired) electrons. The van der Waals surface area contributed by atoms with Crippen LogP contribution in [-0.2, 0) is 0 Å². The molecule has 1 aliphatic heterocycles. The molecule has 2 aromatic rings. The van der Waals surface area contributed by atoms with Crippen molar-refractivity contribution in [3.8, 4) is 11.1 Å². The monoisotopic (exact) mass is 455 g/mol. The number of alkyl halides is 1. The molecule has 3 rings (SSSR count). The summed E-state index contributed by atoms with van der Waals surface area (Å²) in [5, 5.41) is 0.789. The van der Waals surface area contributed by atoms with E-state index in [9.17, 15) is 4.79 Å². The summed E-state index contributed by atoms with van der Waals surface area (Å²) in [5.74, 6) is 0.133. The van der Waals surface area contributed by atoms with Gasteiger partial charge < -0.3 is 0 Å². The Morgan fingerprint density at radius 1 is 1.04 bits per heavy atom. The van der Waals surface area contributed by atoms with Crippen molar-refractivity contribution in [2.24, 2.45) is 0 Å². The quantitative estimate of drug-likeness (QED) is 0.490. The standard InChI is InChI=1S/C19H21ClIN2O/c1-21-18-13-16(20)7-8-17(18)14-3-5-15(6-4-14)19(24)23-11-9-22(2)10-12-23/h3-8,13H,9-12H2,1-2H3/q-1. The molecule has 0 saturated carbocycles. The van der Waals surface area contributed by atoms with E-state index >= 15 is 0 Å². The number of halogens is 2. The van der Waals surface area contributed by atoms with Gasteiger partial charge in [0.25, 0.3) is 0 Å². The Balaban J connectivity index is 1.79. The van der Waals surface area contributed by atoms with Gasteiger partial charge in [0.05, 0.1) is 0 Å². The first-order valence-corrected chi connectivity index (χ1v) is 11.6. The Morgan fingerprint density at radius 3 is 2.33 bits per heavy atom. The van der Waals surface area contributed by atoms with Gasteiger partial charge in [-0.15, -0.1) is 0 Å². The molecular weight excluding hydrogens is 435 g/mol. The van der Waals surface area contributed by atoms with Crippen molar-refractivity contribution in [1.82, 2.24) is 9.80 Å². The molecule has 1 fully saturated rings. The molecule has 5 heteroatoms. The van der Waals surface area contributed by atoms with Crippen LogP contribution >= 0.6 is 11.6 Å². The molecule has 1 aliphatic rings. The van der Waals surface area contributed by atoms with Crippen molar-refractivity contribution < 1.29 is 26.0 Å². The SMILES string of the molecule is C[I-]c1cc(Cl)ccc1-c1ccc(C(=O)N2CCN(C)CC2)cc1. The fourth-order valence-electron chi connectivity index (χ4n) is 2.86. The normalized spacial score (nSPS) is 15.7. The van der Waals surface area contributed by atoms with Crippen LogP contribution in [0.3, 0.4) is 0 Å². The summed E-state index contributed by atoms with van der Waals surface area (Å²) < 4.78 is 1.33. The minimum absolute atomic E-state index is 0.0551. The zero-order valence-electron chi connectivity index (χ0n) is 13.9. The molecular formula is C19H21ClIN2O-. The molecule has 0 aromatic heterocycles. The summed E-state index contributed by atoms with van der Waals surface area (Å²) in [6.45, 7) is 3.49. The molecule has 24 heavy (non-hydrogen) atoms. The summed E-state index contributed by atoms with van der Waals surface area (Å²) in [6.07, 6.45) is 0. The second-order valence-corrected chi connectivity index (χ2v) is 8.66. The number of hydrogen-bond donors (Lipinski definition) is 0. The van der Waals surface area contributed by atoms with Crippen molar-refractivity contribution in [1.29, 1.82) is 0 Å². The van der Waals surface area contributed by atoms with Crippen LogP contribution in [0.2, 0.25) is 5.02 Å². The van der Waals surface area contributed by atoms with Crippen LogP contribution in [0.5, 0.6) is 0 Å². The van der Waals surface area contributed by atoms with Gasteiger partial charge in [0, 0.05) is 0 Å². The van der Waals surface area contributed by atoms with Gasteiger partial charge in [-0.1, -0.05) is 0 Å². The second kappa shape index (κ2) is 7.85. The van der Waals surface area contributed by atoms with Gasteiger partial charge >= 0.3 is 159 Å². The minimum atomic E-state index is -0.0551. The number of hydrogen-bond acceptors (Lipinski definition) is 2. The van der Waals surface area contributed by atoms with E-state index in [0.717, 1.165) is 42.3 Å². The Bertz CT molecular complexity index is 725. The van der Waals surface area contributed by atoms with Crippen LogP contribution in [-0.4, -0.2) is 53.9 Å². The van der Waals surface area contributed by atoms with Crippen LogP contribution < -0.4 is 21.2 Å². The Labute approximate surface area is 158 Å². The Kier molecular flexibility index (Phi) is 5.79. The molecule has 2 aromatic carbocycles. The number of carbonyl (C=O) groups excluding carboxylic acids is 1. The zero-order valence-corrected chi connectivity index (χ0v) is 16.8. The van der Waals surface area contributed by atoms with E-state index < -0.39 is 0 Å². The zero-order chi connectivity index (χ0) is 17.1. The predicted molar refractivity (Wildman–Crippen MR) is 94.9 cm³/mol. The molecule has 1 saturated heterocycles. The van der Waals surface area contributed by atoms with Gasteiger partial charge in [-0.25, -0.2) is 0 Å². The first kappa shape index (κ1) is 17.7. The van der Waals surface area contributed by atoms with E-state index in [1.165, 1.54) is 9.13 Å². The topological polar surface area (TPSA) is 23.6 Å². The van der Waals surface area contributed by atoms with E-state index in [0.29, 0.717) is 0 Å². The average Bonchev–Trinajstić information content (AvgIpc) is 2.62. The van der Waals surface area contributed by atoms with Gasteiger partial charge in [-0.2, -0.15) is 0 Å².